The Morgan fingerprint density at radius 2 is 1.64 bits per heavy atom. The van der Waals surface area contributed by atoms with Gasteiger partial charge in [0.15, 0.2) is 0 Å². The molecule has 192 valence electrons. The van der Waals surface area contributed by atoms with Gasteiger partial charge in [0.25, 0.3) is 0 Å². The average molecular weight is 492 g/mol. The van der Waals surface area contributed by atoms with Crippen LogP contribution in [0.1, 0.15) is 44.7 Å². The minimum Gasteiger partial charge on any atom is -0.336 e. The van der Waals surface area contributed by atoms with Crippen molar-refractivity contribution < 1.29 is 14.4 Å². The monoisotopic (exact) mass is 491 g/mol. The molecule has 0 spiro atoms. The number of urea groups is 1. The fourth-order valence-corrected chi connectivity index (χ4v) is 5.26. The predicted octanol–water partition coefficient (Wildman–Crippen LogP) is 3.27. The first-order valence-electron chi connectivity index (χ1n) is 12.8. The predicted molar refractivity (Wildman–Crippen MR) is 138 cm³/mol. The first-order chi connectivity index (χ1) is 17.3. The fraction of sp³-hybridized carbons (Fsp3) is 0.464. The zero-order chi connectivity index (χ0) is 25.8. The molecule has 4 amide bonds. The molecule has 2 aliphatic rings. The Bertz CT molecular complexity index is 1060. The summed E-state index contributed by atoms with van der Waals surface area (Å²) in [5, 5.41) is 6.47. The van der Waals surface area contributed by atoms with Crippen LogP contribution in [-0.2, 0) is 16.1 Å². The van der Waals surface area contributed by atoms with Gasteiger partial charge >= 0.3 is 6.03 Å². The van der Waals surface area contributed by atoms with E-state index in [1.165, 1.54) is 0 Å². The summed E-state index contributed by atoms with van der Waals surface area (Å²) in [6.07, 6.45) is -0.560. The number of carbonyl (C=O) groups is 3. The number of likely N-dealkylation sites (N-methyl/N-ethyl adjacent to an activating group) is 1. The van der Waals surface area contributed by atoms with Crippen LogP contribution in [-0.4, -0.2) is 76.0 Å². The Balaban J connectivity index is 1.61. The van der Waals surface area contributed by atoms with Crippen LogP contribution in [0.2, 0.25) is 0 Å². The molecule has 8 nitrogen and oxygen atoms in total. The molecule has 2 heterocycles. The smallest absolute Gasteiger partial charge is 0.334 e. The third kappa shape index (κ3) is 5.23. The Labute approximate surface area is 213 Å². The highest BCUT2D eigenvalue weighted by molar-refractivity contribution is 5.91. The van der Waals surface area contributed by atoms with E-state index in [0.717, 1.165) is 11.1 Å². The summed E-state index contributed by atoms with van der Waals surface area (Å²) in [7, 11) is 0. The number of nitrogens with zero attached hydrogens (tertiary/aromatic N) is 4. The zero-order valence-electron chi connectivity index (χ0n) is 21.6. The number of hydrogen-bond acceptors (Lipinski definition) is 4. The van der Waals surface area contributed by atoms with Gasteiger partial charge in [-0.05, 0) is 23.0 Å². The molecule has 2 aliphatic heterocycles. The van der Waals surface area contributed by atoms with Crippen LogP contribution in [0.3, 0.4) is 0 Å². The summed E-state index contributed by atoms with van der Waals surface area (Å²) in [6.45, 7) is 9.73. The van der Waals surface area contributed by atoms with E-state index in [4.69, 9.17) is 0 Å². The lowest BCUT2D eigenvalue weighted by Gasteiger charge is -2.56. The molecule has 0 aliphatic carbocycles. The van der Waals surface area contributed by atoms with Crippen LogP contribution in [0.5, 0.6) is 0 Å². The molecule has 2 aromatic rings. The van der Waals surface area contributed by atoms with Crippen LogP contribution < -0.4 is 5.32 Å². The third-order valence-corrected chi connectivity index (χ3v) is 7.12. The number of benzene rings is 2. The molecular formula is C28H37N5O3. The second kappa shape index (κ2) is 11.1. The average Bonchev–Trinajstić information content (AvgIpc) is 2.88. The van der Waals surface area contributed by atoms with E-state index in [1.54, 1.807) is 14.9 Å². The van der Waals surface area contributed by atoms with E-state index in [2.05, 4.69) is 24.4 Å². The quantitative estimate of drug-likeness (QED) is 0.645. The first kappa shape index (κ1) is 25.7. The van der Waals surface area contributed by atoms with Crippen molar-refractivity contribution in [3.8, 4) is 0 Å². The van der Waals surface area contributed by atoms with E-state index in [0.29, 0.717) is 19.6 Å². The number of fused-ring (bicyclic) bond motifs is 1. The van der Waals surface area contributed by atoms with Crippen LogP contribution in [0.15, 0.2) is 60.7 Å². The van der Waals surface area contributed by atoms with Crippen molar-refractivity contribution in [3.63, 3.8) is 0 Å². The van der Waals surface area contributed by atoms with Gasteiger partial charge in [-0.2, -0.15) is 0 Å². The number of hydrazine groups is 1. The number of carbonyl (C=O) groups excluding carboxylic acids is 3. The van der Waals surface area contributed by atoms with Gasteiger partial charge in [0, 0.05) is 19.6 Å². The second-order valence-corrected chi connectivity index (χ2v) is 10.00. The maximum absolute atomic E-state index is 13.7. The number of piperazine rings is 1. The molecule has 3 atom stereocenters. The summed E-state index contributed by atoms with van der Waals surface area (Å²) in [5.41, 5.74) is 2.15. The first-order valence-corrected chi connectivity index (χ1v) is 12.8. The van der Waals surface area contributed by atoms with Crippen molar-refractivity contribution in [2.24, 2.45) is 5.92 Å². The summed E-state index contributed by atoms with van der Waals surface area (Å²) in [6, 6.07) is 19.0. The fourth-order valence-electron chi connectivity index (χ4n) is 5.26. The molecule has 4 rings (SSSR count). The van der Waals surface area contributed by atoms with Crippen LogP contribution in [0.25, 0.3) is 0 Å². The van der Waals surface area contributed by atoms with E-state index in [1.807, 2.05) is 74.2 Å². The topological polar surface area (TPSA) is 76.2 Å². The highest BCUT2D eigenvalue weighted by Gasteiger charge is 2.52. The lowest BCUT2D eigenvalue weighted by Crippen LogP contribution is -2.77. The molecule has 1 unspecified atom stereocenters. The highest BCUT2D eigenvalue weighted by Crippen LogP contribution is 2.31. The molecule has 2 fully saturated rings. The van der Waals surface area contributed by atoms with Gasteiger partial charge in [-0.3, -0.25) is 9.59 Å². The molecule has 8 heteroatoms. The van der Waals surface area contributed by atoms with Crippen molar-refractivity contribution >= 4 is 17.8 Å². The molecule has 36 heavy (non-hydrogen) atoms. The van der Waals surface area contributed by atoms with Gasteiger partial charge in [-0.1, -0.05) is 88.4 Å². The van der Waals surface area contributed by atoms with Crippen molar-refractivity contribution in [3.05, 3.63) is 71.8 Å². The number of rotatable bonds is 7. The van der Waals surface area contributed by atoms with Gasteiger partial charge in [-0.15, -0.1) is 0 Å². The largest absolute Gasteiger partial charge is 0.336 e. The Morgan fingerprint density at radius 1 is 1.00 bits per heavy atom. The summed E-state index contributed by atoms with van der Waals surface area (Å²) in [4.78, 5) is 44.0. The number of hydrogen-bond donors (Lipinski definition) is 1. The minimum absolute atomic E-state index is 0.0491. The Morgan fingerprint density at radius 3 is 2.25 bits per heavy atom. The third-order valence-electron chi connectivity index (χ3n) is 7.12. The number of amides is 4. The second-order valence-electron chi connectivity index (χ2n) is 10.00. The number of nitrogens with one attached hydrogen (secondary N) is 1. The molecule has 2 saturated heterocycles. The maximum Gasteiger partial charge on any atom is 0.334 e. The van der Waals surface area contributed by atoms with Crippen molar-refractivity contribution in [1.29, 1.82) is 0 Å². The SMILES string of the molecule is CCN1CC(=O)N2[C@@H](C(C)C)C(=O)N(CC(C)c3ccccc3)C[C@@H]2N1C(=O)NCc1ccccc1. The van der Waals surface area contributed by atoms with E-state index in [9.17, 15) is 14.4 Å². The Kier molecular flexibility index (Phi) is 7.94. The lowest BCUT2D eigenvalue weighted by atomic mass is 9.94. The zero-order valence-corrected chi connectivity index (χ0v) is 21.6. The van der Waals surface area contributed by atoms with E-state index < -0.39 is 12.2 Å². The molecule has 2 aromatic carbocycles. The summed E-state index contributed by atoms with van der Waals surface area (Å²) in [5.74, 6) is -0.124. The molecule has 1 N–H and O–H groups in total. The van der Waals surface area contributed by atoms with Gasteiger partial charge < -0.3 is 15.1 Å². The molecule has 0 bridgehead atoms. The molecule has 0 aromatic heterocycles. The Hall–Kier alpha value is -3.39. The summed E-state index contributed by atoms with van der Waals surface area (Å²) >= 11 is 0. The van der Waals surface area contributed by atoms with Crippen LogP contribution in [0.4, 0.5) is 4.79 Å². The van der Waals surface area contributed by atoms with Gasteiger partial charge in [0.05, 0.1) is 13.1 Å². The van der Waals surface area contributed by atoms with E-state index >= 15 is 0 Å². The normalized spacial score (nSPS) is 21.5. The van der Waals surface area contributed by atoms with Crippen LogP contribution >= 0.6 is 0 Å². The molecule has 0 saturated carbocycles. The van der Waals surface area contributed by atoms with Crippen molar-refractivity contribution in [1.82, 2.24) is 25.1 Å². The van der Waals surface area contributed by atoms with Gasteiger partial charge in [0.1, 0.15) is 12.2 Å². The highest BCUT2D eigenvalue weighted by atomic mass is 16.2. The van der Waals surface area contributed by atoms with Crippen LogP contribution in [0, 0.1) is 5.92 Å². The van der Waals surface area contributed by atoms with E-state index in [-0.39, 0.29) is 42.8 Å². The molecular weight excluding hydrogens is 454 g/mol. The lowest BCUT2D eigenvalue weighted by molar-refractivity contribution is -0.192. The van der Waals surface area contributed by atoms with Gasteiger partial charge in [0.2, 0.25) is 11.8 Å². The summed E-state index contributed by atoms with van der Waals surface area (Å²) < 4.78 is 0. The van der Waals surface area contributed by atoms with Crippen molar-refractivity contribution in [2.45, 2.75) is 52.4 Å². The minimum atomic E-state index is -0.609. The maximum atomic E-state index is 13.7. The van der Waals surface area contributed by atoms with Gasteiger partial charge in [-0.25, -0.2) is 14.8 Å². The van der Waals surface area contributed by atoms with Crippen molar-refractivity contribution in [2.75, 3.05) is 26.2 Å². The standard InChI is InChI=1S/C28H37N5O3/c1-5-31-19-25(34)32-24(33(31)28(36)29-16-22-12-8-6-9-13-22)18-30(27(35)26(32)20(2)3)17-21(4)23-14-10-7-11-15-23/h6-15,20-21,24,26H,5,16-19H2,1-4H3,(H,29,36)/t21?,24-,26-/m0/s1. The molecule has 0 radical (unpaired) electrons.